The highest BCUT2D eigenvalue weighted by Crippen LogP contribution is 2.18. The zero-order chi connectivity index (χ0) is 17.9. The van der Waals surface area contributed by atoms with Gasteiger partial charge in [-0.3, -0.25) is 14.7 Å². The van der Waals surface area contributed by atoms with Crippen molar-refractivity contribution in [3.05, 3.63) is 66.1 Å². The molecule has 0 radical (unpaired) electrons. The minimum atomic E-state index is 0.143. The van der Waals surface area contributed by atoms with E-state index in [0.29, 0.717) is 0 Å². The Bertz CT molecular complexity index is 895. The van der Waals surface area contributed by atoms with Gasteiger partial charge in [0.2, 0.25) is 0 Å². The molecule has 0 unspecified atom stereocenters. The van der Waals surface area contributed by atoms with Crippen molar-refractivity contribution >= 4 is 16.8 Å². The quantitative estimate of drug-likeness (QED) is 0.728. The predicted octanol–water partition coefficient (Wildman–Crippen LogP) is 2.57. The molecule has 134 valence electrons. The second kappa shape index (κ2) is 7.30. The van der Waals surface area contributed by atoms with E-state index in [0.717, 1.165) is 55.6 Å². The lowest BCUT2D eigenvalue weighted by atomic mass is 10.1. The van der Waals surface area contributed by atoms with E-state index >= 15 is 0 Å². The van der Waals surface area contributed by atoms with Gasteiger partial charge in [0.1, 0.15) is 0 Å². The van der Waals surface area contributed by atoms with Crippen LogP contribution in [0.25, 0.3) is 10.9 Å². The van der Waals surface area contributed by atoms with E-state index in [-0.39, 0.29) is 5.91 Å². The standard InChI is InChI=1S/C21H24N4O/c1-23-10-7-18-16-19(2-3-20(18)23)21(26)25-14-12-24(13-15-25)11-6-17-4-8-22-9-5-17/h2-5,7-10,16H,6,11-15H2,1H3. The fraction of sp³-hybridized carbons (Fsp3) is 0.333. The molecule has 5 nitrogen and oxygen atoms in total. The first-order valence-electron chi connectivity index (χ1n) is 9.16. The summed E-state index contributed by atoms with van der Waals surface area (Å²) in [7, 11) is 2.02. The molecule has 0 spiro atoms. The number of carbonyl (C=O) groups excluding carboxylic acids is 1. The Labute approximate surface area is 153 Å². The highest BCUT2D eigenvalue weighted by molar-refractivity contribution is 5.98. The second-order valence-corrected chi connectivity index (χ2v) is 6.94. The highest BCUT2D eigenvalue weighted by atomic mass is 16.2. The summed E-state index contributed by atoms with van der Waals surface area (Å²) in [4.78, 5) is 21.3. The van der Waals surface area contributed by atoms with Gasteiger partial charge in [0.15, 0.2) is 0 Å². The molecule has 0 aliphatic carbocycles. The molecule has 4 rings (SSSR count). The number of hydrogen-bond acceptors (Lipinski definition) is 3. The number of pyridine rings is 1. The number of aromatic nitrogens is 2. The third kappa shape index (κ3) is 3.48. The van der Waals surface area contributed by atoms with Crippen molar-refractivity contribution in [3.8, 4) is 0 Å². The molecule has 1 amide bonds. The number of rotatable bonds is 4. The Morgan fingerprint density at radius 3 is 2.58 bits per heavy atom. The first-order valence-corrected chi connectivity index (χ1v) is 9.16. The van der Waals surface area contributed by atoms with Crippen molar-refractivity contribution in [2.24, 2.45) is 7.05 Å². The number of nitrogens with zero attached hydrogens (tertiary/aromatic N) is 4. The molecule has 3 aromatic rings. The van der Waals surface area contributed by atoms with E-state index in [2.05, 4.69) is 32.7 Å². The van der Waals surface area contributed by atoms with Gasteiger partial charge in [-0.2, -0.15) is 0 Å². The first-order chi connectivity index (χ1) is 12.7. The van der Waals surface area contributed by atoms with Crippen LogP contribution in [0.15, 0.2) is 55.0 Å². The van der Waals surface area contributed by atoms with Crippen LogP contribution in [0.4, 0.5) is 0 Å². The molecule has 0 bridgehead atoms. The largest absolute Gasteiger partial charge is 0.351 e. The summed E-state index contributed by atoms with van der Waals surface area (Å²) in [6.45, 7) is 4.49. The van der Waals surface area contributed by atoms with Crippen molar-refractivity contribution in [1.82, 2.24) is 19.4 Å². The van der Waals surface area contributed by atoms with Crippen LogP contribution < -0.4 is 0 Å². The summed E-state index contributed by atoms with van der Waals surface area (Å²) in [6.07, 6.45) is 6.74. The van der Waals surface area contributed by atoms with Crippen LogP contribution >= 0.6 is 0 Å². The van der Waals surface area contributed by atoms with Crippen LogP contribution in [0, 0.1) is 0 Å². The third-order valence-electron chi connectivity index (χ3n) is 5.26. The monoisotopic (exact) mass is 348 g/mol. The number of benzene rings is 1. The minimum absolute atomic E-state index is 0.143. The lowest BCUT2D eigenvalue weighted by molar-refractivity contribution is 0.0638. The van der Waals surface area contributed by atoms with Crippen LogP contribution in [0.2, 0.25) is 0 Å². The first kappa shape index (κ1) is 16.8. The number of aryl methyl sites for hydroxylation is 1. The van der Waals surface area contributed by atoms with Crippen LogP contribution in [0.3, 0.4) is 0 Å². The zero-order valence-electron chi connectivity index (χ0n) is 15.1. The Morgan fingerprint density at radius 1 is 1.04 bits per heavy atom. The summed E-state index contributed by atoms with van der Waals surface area (Å²) >= 11 is 0. The normalized spacial score (nSPS) is 15.5. The Kier molecular flexibility index (Phi) is 4.71. The molecule has 3 heterocycles. The summed E-state index contributed by atoms with van der Waals surface area (Å²) in [5.74, 6) is 0.143. The van der Waals surface area contributed by atoms with Crippen LogP contribution in [-0.4, -0.2) is 58.0 Å². The second-order valence-electron chi connectivity index (χ2n) is 6.94. The predicted molar refractivity (Wildman–Crippen MR) is 103 cm³/mol. The van der Waals surface area contributed by atoms with E-state index < -0.39 is 0 Å². The van der Waals surface area contributed by atoms with Crippen molar-refractivity contribution in [2.75, 3.05) is 32.7 Å². The highest BCUT2D eigenvalue weighted by Gasteiger charge is 2.22. The molecule has 0 saturated carbocycles. The van der Waals surface area contributed by atoms with E-state index in [4.69, 9.17) is 0 Å². The maximum absolute atomic E-state index is 12.8. The van der Waals surface area contributed by atoms with Gasteiger partial charge in [-0.1, -0.05) is 0 Å². The fourth-order valence-electron chi connectivity index (χ4n) is 3.61. The SMILES string of the molecule is Cn1ccc2cc(C(=O)N3CCN(CCc4ccncc4)CC3)ccc21. The summed E-state index contributed by atoms with van der Waals surface area (Å²) in [5.41, 5.74) is 3.26. The van der Waals surface area contributed by atoms with Gasteiger partial charge in [-0.05, 0) is 48.4 Å². The molecule has 1 saturated heterocycles. The molecule has 1 aliphatic heterocycles. The molecule has 26 heavy (non-hydrogen) atoms. The van der Waals surface area contributed by atoms with Crippen molar-refractivity contribution in [1.29, 1.82) is 0 Å². The van der Waals surface area contributed by atoms with Gasteiger partial charge in [-0.15, -0.1) is 0 Å². The van der Waals surface area contributed by atoms with E-state index in [1.807, 2.05) is 48.7 Å². The van der Waals surface area contributed by atoms with Gasteiger partial charge < -0.3 is 9.47 Å². The number of hydrogen-bond donors (Lipinski definition) is 0. The molecule has 1 fully saturated rings. The maximum Gasteiger partial charge on any atom is 0.253 e. The van der Waals surface area contributed by atoms with Crippen molar-refractivity contribution < 1.29 is 4.79 Å². The molecule has 0 atom stereocenters. The summed E-state index contributed by atoms with van der Waals surface area (Å²) in [6, 6.07) is 12.2. The lowest BCUT2D eigenvalue weighted by Crippen LogP contribution is -2.49. The van der Waals surface area contributed by atoms with Gasteiger partial charge in [0.25, 0.3) is 5.91 Å². The minimum Gasteiger partial charge on any atom is -0.351 e. The molecular weight excluding hydrogens is 324 g/mol. The molecule has 2 aromatic heterocycles. The van der Waals surface area contributed by atoms with E-state index in [1.165, 1.54) is 5.56 Å². The summed E-state index contributed by atoms with van der Waals surface area (Å²) in [5, 5.41) is 1.12. The molecule has 0 N–H and O–H groups in total. The third-order valence-corrected chi connectivity index (χ3v) is 5.26. The van der Waals surface area contributed by atoms with Gasteiger partial charge in [0, 0.05) is 74.8 Å². The van der Waals surface area contributed by atoms with Gasteiger partial charge >= 0.3 is 0 Å². The molecule has 1 aromatic carbocycles. The van der Waals surface area contributed by atoms with Crippen LogP contribution in [0.1, 0.15) is 15.9 Å². The van der Waals surface area contributed by atoms with Crippen LogP contribution in [0.5, 0.6) is 0 Å². The number of amides is 1. The number of fused-ring (bicyclic) bond motifs is 1. The van der Waals surface area contributed by atoms with Gasteiger partial charge in [-0.25, -0.2) is 0 Å². The Balaban J connectivity index is 1.34. The average molecular weight is 348 g/mol. The fourth-order valence-corrected chi connectivity index (χ4v) is 3.61. The molecule has 5 heteroatoms. The average Bonchev–Trinajstić information content (AvgIpc) is 3.07. The topological polar surface area (TPSA) is 41.4 Å². The lowest BCUT2D eigenvalue weighted by Gasteiger charge is -2.34. The zero-order valence-corrected chi connectivity index (χ0v) is 15.1. The van der Waals surface area contributed by atoms with Gasteiger partial charge in [0.05, 0.1) is 0 Å². The van der Waals surface area contributed by atoms with Crippen molar-refractivity contribution in [2.45, 2.75) is 6.42 Å². The smallest absolute Gasteiger partial charge is 0.253 e. The Hall–Kier alpha value is -2.66. The van der Waals surface area contributed by atoms with E-state index in [1.54, 1.807) is 0 Å². The maximum atomic E-state index is 12.8. The number of piperazine rings is 1. The molecular formula is C21H24N4O. The van der Waals surface area contributed by atoms with Crippen molar-refractivity contribution in [3.63, 3.8) is 0 Å². The molecule has 1 aliphatic rings. The van der Waals surface area contributed by atoms with Crippen LogP contribution in [-0.2, 0) is 13.5 Å². The number of carbonyl (C=O) groups is 1. The van der Waals surface area contributed by atoms with E-state index in [9.17, 15) is 4.79 Å². The Morgan fingerprint density at radius 2 is 1.81 bits per heavy atom. The summed E-state index contributed by atoms with van der Waals surface area (Å²) < 4.78 is 2.07.